The average molecular weight is 424 g/mol. The molecular weight excluding hydrogens is 393 g/mol. The summed E-state index contributed by atoms with van der Waals surface area (Å²) < 4.78 is 21.7. The first-order chi connectivity index (χ1) is 14.9. The van der Waals surface area contributed by atoms with Crippen molar-refractivity contribution in [1.29, 1.82) is 0 Å². The van der Waals surface area contributed by atoms with Gasteiger partial charge in [-0.05, 0) is 51.0 Å². The van der Waals surface area contributed by atoms with E-state index in [1.54, 1.807) is 25.2 Å². The molecule has 1 heterocycles. The number of nitrogens with one attached hydrogen (secondary N) is 2. The summed E-state index contributed by atoms with van der Waals surface area (Å²) in [4.78, 5) is 4.34. The maximum absolute atomic E-state index is 14.0. The SMILES string of the molecule is CN=C(NCc1ccccc1Oc1ccccc1F)NC(C)Cc1c(C)nn(C)c1C. The van der Waals surface area contributed by atoms with Crippen molar-refractivity contribution in [2.45, 2.75) is 39.8 Å². The zero-order chi connectivity index (χ0) is 22.4. The van der Waals surface area contributed by atoms with Crippen LogP contribution in [-0.2, 0) is 20.0 Å². The first-order valence-electron chi connectivity index (χ1n) is 10.4. The quantitative estimate of drug-likeness (QED) is 0.440. The van der Waals surface area contributed by atoms with Crippen LogP contribution in [-0.4, -0.2) is 28.8 Å². The summed E-state index contributed by atoms with van der Waals surface area (Å²) >= 11 is 0. The van der Waals surface area contributed by atoms with Crippen LogP contribution < -0.4 is 15.4 Å². The van der Waals surface area contributed by atoms with Gasteiger partial charge in [-0.1, -0.05) is 30.3 Å². The zero-order valence-corrected chi connectivity index (χ0v) is 18.7. The van der Waals surface area contributed by atoms with Crippen LogP contribution in [0.2, 0.25) is 0 Å². The number of ether oxygens (including phenoxy) is 1. The number of aromatic nitrogens is 2. The van der Waals surface area contributed by atoms with Gasteiger partial charge in [-0.2, -0.15) is 5.10 Å². The molecule has 1 aromatic heterocycles. The molecule has 0 saturated heterocycles. The number of rotatable bonds is 7. The molecule has 0 radical (unpaired) electrons. The molecule has 31 heavy (non-hydrogen) atoms. The topological polar surface area (TPSA) is 63.5 Å². The van der Waals surface area contributed by atoms with Crippen molar-refractivity contribution in [3.8, 4) is 11.5 Å². The van der Waals surface area contributed by atoms with Gasteiger partial charge < -0.3 is 15.4 Å². The normalized spacial score (nSPS) is 12.5. The molecule has 0 aliphatic heterocycles. The van der Waals surface area contributed by atoms with E-state index in [0.717, 1.165) is 17.7 Å². The summed E-state index contributed by atoms with van der Waals surface area (Å²) in [7, 11) is 3.70. The molecule has 0 aliphatic rings. The predicted molar refractivity (Wildman–Crippen MR) is 122 cm³/mol. The fourth-order valence-electron chi connectivity index (χ4n) is 3.47. The van der Waals surface area contributed by atoms with Crippen LogP contribution in [0.1, 0.15) is 29.4 Å². The average Bonchev–Trinajstić information content (AvgIpc) is 2.99. The van der Waals surface area contributed by atoms with E-state index in [1.165, 1.54) is 17.3 Å². The Bertz CT molecular complexity index is 1060. The van der Waals surface area contributed by atoms with Crippen LogP contribution in [0, 0.1) is 19.7 Å². The number of benzene rings is 2. The Morgan fingerprint density at radius 2 is 1.81 bits per heavy atom. The Labute approximate surface area is 183 Å². The lowest BCUT2D eigenvalue weighted by molar-refractivity contribution is 0.437. The van der Waals surface area contributed by atoms with Crippen molar-refractivity contribution in [1.82, 2.24) is 20.4 Å². The van der Waals surface area contributed by atoms with Crippen LogP contribution in [0.5, 0.6) is 11.5 Å². The first-order valence-corrected chi connectivity index (χ1v) is 10.4. The number of guanidine groups is 1. The number of halogens is 1. The van der Waals surface area contributed by atoms with Gasteiger partial charge in [0.05, 0.1) is 5.69 Å². The van der Waals surface area contributed by atoms with Crippen LogP contribution in [0.3, 0.4) is 0 Å². The summed E-state index contributed by atoms with van der Waals surface area (Å²) in [6, 6.07) is 14.1. The van der Waals surface area contributed by atoms with Crippen LogP contribution >= 0.6 is 0 Å². The molecule has 1 unspecified atom stereocenters. The second-order valence-corrected chi connectivity index (χ2v) is 7.59. The lowest BCUT2D eigenvalue weighted by Crippen LogP contribution is -2.42. The molecule has 2 aromatic carbocycles. The standard InChI is InChI=1S/C24H30FN5O/c1-16(14-20-17(2)29-30(5)18(20)3)28-24(26-4)27-15-19-10-6-8-12-22(19)31-23-13-9-7-11-21(23)25/h6-13,16H,14-15H2,1-5H3,(H2,26,27,28). The molecule has 0 spiro atoms. The number of hydrogen-bond acceptors (Lipinski definition) is 3. The van der Waals surface area contributed by atoms with Gasteiger partial charge >= 0.3 is 0 Å². The number of nitrogens with zero attached hydrogens (tertiary/aromatic N) is 3. The Kier molecular flexibility index (Phi) is 7.28. The molecule has 6 nitrogen and oxygen atoms in total. The molecule has 0 saturated carbocycles. The summed E-state index contributed by atoms with van der Waals surface area (Å²) in [5.74, 6) is 1.10. The third kappa shape index (κ3) is 5.63. The largest absolute Gasteiger partial charge is 0.454 e. The van der Waals surface area contributed by atoms with Crippen LogP contribution in [0.4, 0.5) is 4.39 Å². The Balaban J connectivity index is 1.63. The lowest BCUT2D eigenvalue weighted by atomic mass is 10.1. The molecule has 0 bridgehead atoms. The molecule has 0 amide bonds. The van der Waals surface area contributed by atoms with Gasteiger partial charge in [0.2, 0.25) is 0 Å². The number of hydrogen-bond donors (Lipinski definition) is 2. The Morgan fingerprint density at radius 1 is 1.13 bits per heavy atom. The highest BCUT2D eigenvalue weighted by Crippen LogP contribution is 2.27. The fraction of sp³-hybridized carbons (Fsp3) is 0.333. The van der Waals surface area contributed by atoms with Gasteiger partial charge in [0, 0.05) is 37.9 Å². The molecule has 2 N–H and O–H groups in total. The molecule has 0 aliphatic carbocycles. The fourth-order valence-corrected chi connectivity index (χ4v) is 3.47. The monoisotopic (exact) mass is 423 g/mol. The van der Waals surface area contributed by atoms with E-state index in [1.807, 2.05) is 42.9 Å². The molecule has 0 fully saturated rings. The molecule has 3 aromatic rings. The van der Waals surface area contributed by atoms with Gasteiger partial charge in [-0.25, -0.2) is 4.39 Å². The maximum Gasteiger partial charge on any atom is 0.191 e. The van der Waals surface area contributed by atoms with Crippen molar-refractivity contribution in [3.05, 3.63) is 76.9 Å². The van der Waals surface area contributed by atoms with E-state index in [0.29, 0.717) is 18.3 Å². The van der Waals surface area contributed by atoms with Crippen molar-refractivity contribution in [3.63, 3.8) is 0 Å². The highest BCUT2D eigenvalue weighted by Gasteiger charge is 2.14. The summed E-state index contributed by atoms with van der Waals surface area (Å²) in [6.07, 6.45) is 0.846. The number of aliphatic imine (C=N–C) groups is 1. The molecule has 3 rings (SSSR count). The summed E-state index contributed by atoms with van der Waals surface area (Å²) in [5.41, 5.74) is 4.38. The summed E-state index contributed by atoms with van der Waals surface area (Å²) in [5, 5.41) is 11.2. The molecule has 7 heteroatoms. The predicted octanol–water partition coefficient (Wildman–Crippen LogP) is 4.26. The minimum Gasteiger partial charge on any atom is -0.454 e. The summed E-state index contributed by atoms with van der Waals surface area (Å²) in [6.45, 7) is 6.73. The van der Waals surface area contributed by atoms with E-state index in [-0.39, 0.29) is 11.8 Å². The third-order valence-corrected chi connectivity index (χ3v) is 5.25. The minimum atomic E-state index is -0.391. The molecule has 164 valence electrons. The van der Waals surface area contributed by atoms with E-state index >= 15 is 0 Å². The highest BCUT2D eigenvalue weighted by atomic mass is 19.1. The highest BCUT2D eigenvalue weighted by molar-refractivity contribution is 5.80. The number of aryl methyl sites for hydroxylation is 2. The maximum atomic E-state index is 14.0. The Hall–Kier alpha value is -3.35. The second-order valence-electron chi connectivity index (χ2n) is 7.59. The third-order valence-electron chi connectivity index (χ3n) is 5.25. The van der Waals surface area contributed by atoms with E-state index in [9.17, 15) is 4.39 Å². The van der Waals surface area contributed by atoms with Crippen molar-refractivity contribution < 1.29 is 9.13 Å². The van der Waals surface area contributed by atoms with E-state index < -0.39 is 5.82 Å². The Morgan fingerprint density at radius 3 is 2.45 bits per heavy atom. The van der Waals surface area contributed by atoms with E-state index in [4.69, 9.17) is 4.74 Å². The van der Waals surface area contributed by atoms with Crippen molar-refractivity contribution in [2.24, 2.45) is 12.0 Å². The number of para-hydroxylation sites is 2. The van der Waals surface area contributed by atoms with E-state index in [2.05, 4.69) is 34.6 Å². The second kappa shape index (κ2) is 10.1. The molecule has 1 atom stereocenters. The van der Waals surface area contributed by atoms with Gasteiger partial charge in [-0.3, -0.25) is 9.67 Å². The van der Waals surface area contributed by atoms with Gasteiger partial charge in [0.15, 0.2) is 17.5 Å². The lowest BCUT2D eigenvalue weighted by Gasteiger charge is -2.19. The first kappa shape index (κ1) is 22.3. The van der Waals surface area contributed by atoms with Gasteiger partial charge in [0.1, 0.15) is 5.75 Å². The van der Waals surface area contributed by atoms with Gasteiger partial charge in [0.25, 0.3) is 0 Å². The minimum absolute atomic E-state index is 0.165. The van der Waals surface area contributed by atoms with Crippen LogP contribution in [0.15, 0.2) is 53.5 Å². The van der Waals surface area contributed by atoms with Crippen LogP contribution in [0.25, 0.3) is 0 Å². The zero-order valence-electron chi connectivity index (χ0n) is 18.7. The van der Waals surface area contributed by atoms with Gasteiger partial charge in [-0.15, -0.1) is 0 Å². The van der Waals surface area contributed by atoms with Crippen molar-refractivity contribution >= 4 is 5.96 Å². The molecular formula is C24H30FN5O. The van der Waals surface area contributed by atoms with Crippen molar-refractivity contribution in [2.75, 3.05) is 7.05 Å². The smallest absolute Gasteiger partial charge is 0.191 e.